The minimum absolute atomic E-state index is 0.103. The second kappa shape index (κ2) is 7.40. The third-order valence-corrected chi connectivity index (χ3v) is 4.71. The van der Waals surface area contributed by atoms with Crippen molar-refractivity contribution in [3.05, 3.63) is 70.8 Å². The fourth-order valence-electron chi connectivity index (χ4n) is 2.56. The van der Waals surface area contributed by atoms with E-state index in [1.807, 2.05) is 24.3 Å². The van der Waals surface area contributed by atoms with E-state index < -0.39 is 0 Å². The number of hydrogen-bond donors (Lipinski definition) is 0. The first-order chi connectivity index (χ1) is 10.6. The standard InChI is InChI=1S/C21H26O/c1-5-15(3)17-7-11-19(12-8-17)21(22)20-13-9-18(10-14-20)16(4)6-2/h7-16H,5-6H2,1-4H3. The SMILES string of the molecule is CCC(C)c1ccc(C(=O)c2ccc(C(C)CC)cc2)cc1. The van der Waals surface area contributed by atoms with E-state index in [9.17, 15) is 4.79 Å². The molecule has 0 N–H and O–H groups in total. The van der Waals surface area contributed by atoms with Gasteiger partial charge in [-0.15, -0.1) is 0 Å². The second-order valence-electron chi connectivity index (χ2n) is 6.19. The maximum absolute atomic E-state index is 12.5. The van der Waals surface area contributed by atoms with Crippen LogP contribution < -0.4 is 0 Å². The van der Waals surface area contributed by atoms with Gasteiger partial charge >= 0.3 is 0 Å². The van der Waals surface area contributed by atoms with E-state index in [1.165, 1.54) is 11.1 Å². The topological polar surface area (TPSA) is 17.1 Å². The summed E-state index contributed by atoms with van der Waals surface area (Å²) in [6.45, 7) is 8.79. The minimum atomic E-state index is 0.103. The monoisotopic (exact) mass is 294 g/mol. The molecule has 0 aliphatic heterocycles. The van der Waals surface area contributed by atoms with Crippen molar-refractivity contribution in [2.75, 3.05) is 0 Å². The van der Waals surface area contributed by atoms with Gasteiger partial charge in [-0.25, -0.2) is 0 Å². The zero-order valence-corrected chi connectivity index (χ0v) is 14.1. The van der Waals surface area contributed by atoms with Crippen molar-refractivity contribution in [3.63, 3.8) is 0 Å². The van der Waals surface area contributed by atoms with Crippen LogP contribution in [0, 0.1) is 0 Å². The molecular weight excluding hydrogens is 268 g/mol. The molecule has 0 aliphatic rings. The van der Waals surface area contributed by atoms with Gasteiger partial charge in [0.25, 0.3) is 0 Å². The summed E-state index contributed by atoms with van der Waals surface area (Å²) in [6, 6.07) is 16.1. The van der Waals surface area contributed by atoms with Crippen molar-refractivity contribution in [3.8, 4) is 0 Å². The van der Waals surface area contributed by atoms with Crippen LogP contribution in [0.1, 0.15) is 79.4 Å². The maximum Gasteiger partial charge on any atom is 0.193 e. The molecule has 0 aliphatic carbocycles. The first kappa shape index (κ1) is 16.5. The molecule has 2 aromatic rings. The second-order valence-corrected chi connectivity index (χ2v) is 6.19. The molecule has 0 saturated carbocycles. The lowest BCUT2D eigenvalue weighted by molar-refractivity contribution is 0.103. The predicted octanol–water partition coefficient (Wildman–Crippen LogP) is 5.94. The van der Waals surface area contributed by atoms with Crippen LogP contribution >= 0.6 is 0 Å². The fourth-order valence-corrected chi connectivity index (χ4v) is 2.56. The van der Waals surface area contributed by atoms with Crippen molar-refractivity contribution in [2.24, 2.45) is 0 Å². The molecule has 0 spiro atoms. The van der Waals surface area contributed by atoms with Crippen LogP contribution in [0.2, 0.25) is 0 Å². The van der Waals surface area contributed by atoms with Gasteiger partial charge in [0.1, 0.15) is 0 Å². The molecule has 0 amide bonds. The molecular formula is C21H26O. The van der Waals surface area contributed by atoms with E-state index in [1.54, 1.807) is 0 Å². The molecule has 0 bridgehead atoms. The smallest absolute Gasteiger partial charge is 0.193 e. The first-order valence-corrected chi connectivity index (χ1v) is 8.31. The van der Waals surface area contributed by atoms with Gasteiger partial charge in [0.15, 0.2) is 5.78 Å². The lowest BCUT2D eigenvalue weighted by atomic mass is 9.94. The van der Waals surface area contributed by atoms with Crippen LogP contribution in [0.3, 0.4) is 0 Å². The van der Waals surface area contributed by atoms with Gasteiger partial charge in [-0.05, 0) is 35.8 Å². The van der Waals surface area contributed by atoms with Crippen molar-refractivity contribution in [1.29, 1.82) is 0 Å². The number of ketones is 1. The number of benzene rings is 2. The molecule has 2 atom stereocenters. The van der Waals surface area contributed by atoms with Crippen LogP contribution in [-0.2, 0) is 0 Å². The predicted molar refractivity (Wildman–Crippen MR) is 93.7 cm³/mol. The van der Waals surface area contributed by atoms with Crippen LogP contribution in [0.15, 0.2) is 48.5 Å². The third-order valence-electron chi connectivity index (χ3n) is 4.71. The molecule has 116 valence electrons. The molecule has 1 nitrogen and oxygen atoms in total. The molecule has 0 heterocycles. The summed E-state index contributed by atoms with van der Waals surface area (Å²) < 4.78 is 0. The third kappa shape index (κ3) is 3.65. The Bertz CT molecular complexity index is 552. The minimum Gasteiger partial charge on any atom is -0.289 e. The van der Waals surface area contributed by atoms with Gasteiger partial charge in [0.2, 0.25) is 0 Å². The zero-order chi connectivity index (χ0) is 16.1. The average molecular weight is 294 g/mol. The van der Waals surface area contributed by atoms with Crippen molar-refractivity contribution in [2.45, 2.75) is 52.4 Å². The van der Waals surface area contributed by atoms with Gasteiger partial charge in [0, 0.05) is 11.1 Å². The molecule has 0 fully saturated rings. The zero-order valence-electron chi connectivity index (χ0n) is 14.1. The molecule has 0 radical (unpaired) electrons. The van der Waals surface area contributed by atoms with Crippen LogP contribution in [0.25, 0.3) is 0 Å². The average Bonchev–Trinajstić information content (AvgIpc) is 2.60. The first-order valence-electron chi connectivity index (χ1n) is 8.31. The van der Waals surface area contributed by atoms with Gasteiger partial charge in [0.05, 0.1) is 0 Å². The van der Waals surface area contributed by atoms with Gasteiger partial charge in [-0.2, -0.15) is 0 Å². The molecule has 2 aromatic carbocycles. The highest BCUT2D eigenvalue weighted by Crippen LogP contribution is 2.22. The van der Waals surface area contributed by atoms with Crippen LogP contribution in [0.5, 0.6) is 0 Å². The molecule has 2 rings (SSSR count). The normalized spacial score (nSPS) is 13.6. The summed E-state index contributed by atoms with van der Waals surface area (Å²) in [5.74, 6) is 1.18. The van der Waals surface area contributed by atoms with Crippen molar-refractivity contribution >= 4 is 5.78 Å². The maximum atomic E-state index is 12.5. The van der Waals surface area contributed by atoms with Crippen molar-refractivity contribution < 1.29 is 4.79 Å². The van der Waals surface area contributed by atoms with E-state index >= 15 is 0 Å². The largest absolute Gasteiger partial charge is 0.289 e. The summed E-state index contributed by atoms with van der Waals surface area (Å²) in [4.78, 5) is 12.5. The summed E-state index contributed by atoms with van der Waals surface area (Å²) in [5, 5.41) is 0. The van der Waals surface area contributed by atoms with Gasteiger partial charge in [-0.1, -0.05) is 76.2 Å². The summed E-state index contributed by atoms with van der Waals surface area (Å²) in [7, 11) is 0. The van der Waals surface area contributed by atoms with E-state index in [0.29, 0.717) is 11.8 Å². The molecule has 1 heteroatoms. The number of carbonyl (C=O) groups is 1. The lowest BCUT2D eigenvalue weighted by Gasteiger charge is -2.11. The Hall–Kier alpha value is -1.89. The van der Waals surface area contributed by atoms with Gasteiger partial charge < -0.3 is 0 Å². The van der Waals surface area contributed by atoms with Crippen LogP contribution in [0.4, 0.5) is 0 Å². The quantitative estimate of drug-likeness (QED) is 0.602. The van der Waals surface area contributed by atoms with E-state index in [-0.39, 0.29) is 5.78 Å². The Morgan fingerprint density at radius 3 is 1.32 bits per heavy atom. The van der Waals surface area contributed by atoms with E-state index in [2.05, 4.69) is 52.0 Å². The summed E-state index contributed by atoms with van der Waals surface area (Å²) in [6.07, 6.45) is 2.23. The Morgan fingerprint density at radius 2 is 1.05 bits per heavy atom. The molecule has 0 aromatic heterocycles. The highest BCUT2D eigenvalue weighted by atomic mass is 16.1. The Morgan fingerprint density at radius 1 is 0.727 bits per heavy atom. The number of carbonyl (C=O) groups excluding carboxylic acids is 1. The highest BCUT2D eigenvalue weighted by Gasteiger charge is 2.11. The van der Waals surface area contributed by atoms with Gasteiger partial charge in [-0.3, -0.25) is 4.79 Å². The number of hydrogen-bond acceptors (Lipinski definition) is 1. The van der Waals surface area contributed by atoms with Crippen molar-refractivity contribution in [1.82, 2.24) is 0 Å². The Kier molecular flexibility index (Phi) is 5.54. The Balaban J connectivity index is 2.17. The molecule has 2 unspecified atom stereocenters. The molecule has 22 heavy (non-hydrogen) atoms. The van der Waals surface area contributed by atoms with E-state index in [4.69, 9.17) is 0 Å². The fraction of sp³-hybridized carbons (Fsp3) is 0.381. The highest BCUT2D eigenvalue weighted by molar-refractivity contribution is 6.09. The lowest BCUT2D eigenvalue weighted by Crippen LogP contribution is -2.02. The van der Waals surface area contributed by atoms with E-state index in [0.717, 1.165) is 24.0 Å². The van der Waals surface area contributed by atoms with Crippen LogP contribution in [-0.4, -0.2) is 5.78 Å². The molecule has 0 saturated heterocycles. The Labute approximate surface area is 134 Å². The number of rotatable bonds is 6. The summed E-state index contributed by atoms with van der Waals surface area (Å²) in [5.41, 5.74) is 4.13. The summed E-state index contributed by atoms with van der Waals surface area (Å²) >= 11 is 0.